The Balaban J connectivity index is 2.35. The van der Waals surface area contributed by atoms with Gasteiger partial charge >= 0.3 is 5.97 Å². The molecule has 1 rings (SSSR count). The molecule has 0 amide bonds. The van der Waals surface area contributed by atoms with Gasteiger partial charge in [-0.25, -0.2) is 0 Å². The van der Waals surface area contributed by atoms with E-state index < -0.39 is 0 Å². The van der Waals surface area contributed by atoms with Crippen LogP contribution < -0.4 is 5.32 Å². The normalized spacial score (nSPS) is 16.6. The number of rotatable bonds is 11. The van der Waals surface area contributed by atoms with Gasteiger partial charge in [0.05, 0.1) is 6.61 Å². The molecule has 0 radical (unpaired) electrons. The minimum absolute atomic E-state index is 0.104. The number of carbonyl (C=O) groups excluding carboxylic acids is 1. The number of nitrogens with zero attached hydrogens (tertiary/aromatic N) is 1. The smallest absolute Gasteiger partial charge is 0.323 e. The minimum Gasteiger partial charge on any atom is -0.465 e. The molecule has 0 spiro atoms. The molecule has 19 heavy (non-hydrogen) atoms. The quantitative estimate of drug-likeness (QED) is 0.583. The van der Waals surface area contributed by atoms with E-state index in [1.54, 1.807) is 0 Å². The maximum atomic E-state index is 11.8. The first-order valence-electron chi connectivity index (χ1n) is 7.83. The summed E-state index contributed by atoms with van der Waals surface area (Å²) in [5.41, 5.74) is 0. The van der Waals surface area contributed by atoms with Crippen molar-refractivity contribution >= 4 is 5.97 Å². The van der Waals surface area contributed by atoms with Crippen molar-refractivity contribution in [3.8, 4) is 0 Å². The molecule has 4 nitrogen and oxygen atoms in total. The third-order valence-corrected chi connectivity index (χ3v) is 3.51. The van der Waals surface area contributed by atoms with Crippen molar-refractivity contribution in [2.45, 2.75) is 52.5 Å². The van der Waals surface area contributed by atoms with Gasteiger partial charge in [0.2, 0.25) is 0 Å². The summed E-state index contributed by atoms with van der Waals surface area (Å²) in [7, 11) is 0. The molecule has 112 valence electrons. The zero-order valence-electron chi connectivity index (χ0n) is 12.8. The van der Waals surface area contributed by atoms with E-state index in [-0.39, 0.29) is 12.0 Å². The van der Waals surface area contributed by atoms with Crippen LogP contribution in [0.4, 0.5) is 0 Å². The van der Waals surface area contributed by atoms with E-state index in [1.807, 2.05) is 13.8 Å². The average Bonchev–Trinajstić information content (AvgIpc) is 3.18. The number of hydrogen-bond acceptors (Lipinski definition) is 4. The fourth-order valence-electron chi connectivity index (χ4n) is 2.38. The second kappa shape index (κ2) is 9.32. The Morgan fingerprint density at radius 2 is 2.05 bits per heavy atom. The van der Waals surface area contributed by atoms with Crippen LogP contribution in [0.5, 0.6) is 0 Å². The predicted molar refractivity (Wildman–Crippen MR) is 78.2 cm³/mol. The zero-order chi connectivity index (χ0) is 14.1. The van der Waals surface area contributed by atoms with E-state index in [0.717, 1.165) is 32.0 Å². The molecule has 0 aromatic rings. The Hall–Kier alpha value is -0.610. The van der Waals surface area contributed by atoms with Crippen LogP contribution in [0.1, 0.15) is 46.5 Å². The molecule has 0 heterocycles. The zero-order valence-corrected chi connectivity index (χ0v) is 12.8. The molecule has 1 saturated carbocycles. The summed E-state index contributed by atoms with van der Waals surface area (Å²) in [6.45, 7) is 10.7. The van der Waals surface area contributed by atoms with Gasteiger partial charge in [-0.15, -0.1) is 0 Å². The van der Waals surface area contributed by atoms with Crippen LogP contribution in [0.15, 0.2) is 0 Å². The highest BCUT2D eigenvalue weighted by molar-refractivity contribution is 5.75. The molecule has 0 aliphatic heterocycles. The summed E-state index contributed by atoms with van der Waals surface area (Å²) in [6, 6.07) is -0.150. The van der Waals surface area contributed by atoms with E-state index in [0.29, 0.717) is 6.61 Å². The Bertz CT molecular complexity index is 255. The molecule has 4 heteroatoms. The van der Waals surface area contributed by atoms with Gasteiger partial charge in [-0.2, -0.15) is 0 Å². The molecular formula is C15H30N2O2. The van der Waals surface area contributed by atoms with Crippen LogP contribution in [-0.2, 0) is 9.53 Å². The van der Waals surface area contributed by atoms with Gasteiger partial charge in [-0.1, -0.05) is 13.8 Å². The van der Waals surface area contributed by atoms with Gasteiger partial charge in [-0.3, -0.25) is 4.79 Å². The molecule has 1 unspecified atom stereocenters. The minimum atomic E-state index is -0.150. The van der Waals surface area contributed by atoms with Crippen molar-refractivity contribution < 1.29 is 9.53 Å². The molecule has 1 aliphatic carbocycles. The number of hydrogen-bond donors (Lipinski definition) is 1. The van der Waals surface area contributed by atoms with Crippen molar-refractivity contribution in [2.24, 2.45) is 5.92 Å². The Morgan fingerprint density at radius 3 is 2.58 bits per heavy atom. The molecule has 0 bridgehead atoms. The third kappa shape index (κ3) is 6.92. The molecule has 0 aromatic heterocycles. The summed E-state index contributed by atoms with van der Waals surface area (Å²) < 4.78 is 5.12. The SMILES string of the molecule is CCCN(CCC(NCC)C(=O)OCC)CC1CC1. The standard InChI is InChI=1S/C15H30N2O2/c1-4-10-17(12-13-7-8-13)11-9-14(16-5-2)15(18)19-6-3/h13-14,16H,4-12H2,1-3H3. The lowest BCUT2D eigenvalue weighted by atomic mass is 10.2. The first kappa shape index (κ1) is 16.4. The number of ether oxygens (including phenoxy) is 1. The lowest BCUT2D eigenvalue weighted by molar-refractivity contribution is -0.145. The lowest BCUT2D eigenvalue weighted by Gasteiger charge is -2.24. The molecule has 1 atom stereocenters. The van der Waals surface area contributed by atoms with E-state index in [9.17, 15) is 4.79 Å². The maximum absolute atomic E-state index is 11.8. The Morgan fingerprint density at radius 1 is 1.32 bits per heavy atom. The van der Waals surface area contributed by atoms with Crippen molar-refractivity contribution in [1.29, 1.82) is 0 Å². The maximum Gasteiger partial charge on any atom is 0.323 e. The van der Waals surface area contributed by atoms with Crippen LogP contribution in [0, 0.1) is 5.92 Å². The largest absolute Gasteiger partial charge is 0.465 e. The van der Waals surface area contributed by atoms with Gasteiger partial charge in [0.25, 0.3) is 0 Å². The van der Waals surface area contributed by atoms with Gasteiger partial charge < -0.3 is 15.0 Å². The van der Waals surface area contributed by atoms with Crippen molar-refractivity contribution in [1.82, 2.24) is 10.2 Å². The summed E-state index contributed by atoms with van der Waals surface area (Å²) in [5.74, 6) is 0.805. The van der Waals surface area contributed by atoms with Crippen molar-refractivity contribution in [3.05, 3.63) is 0 Å². The van der Waals surface area contributed by atoms with Crippen LogP contribution in [-0.4, -0.2) is 49.7 Å². The predicted octanol–water partition coefficient (Wildman–Crippen LogP) is 2.04. The topological polar surface area (TPSA) is 41.6 Å². The van der Waals surface area contributed by atoms with E-state index in [2.05, 4.69) is 17.1 Å². The van der Waals surface area contributed by atoms with E-state index in [1.165, 1.54) is 25.8 Å². The second-order valence-corrected chi connectivity index (χ2v) is 5.39. The fraction of sp³-hybridized carbons (Fsp3) is 0.933. The highest BCUT2D eigenvalue weighted by Gasteiger charge is 2.25. The van der Waals surface area contributed by atoms with Crippen LogP contribution >= 0.6 is 0 Å². The molecule has 1 N–H and O–H groups in total. The molecule has 0 aromatic carbocycles. The van der Waals surface area contributed by atoms with E-state index >= 15 is 0 Å². The van der Waals surface area contributed by atoms with Crippen molar-refractivity contribution in [3.63, 3.8) is 0 Å². The van der Waals surface area contributed by atoms with Gasteiger partial charge in [-0.05, 0) is 51.6 Å². The van der Waals surface area contributed by atoms with Crippen molar-refractivity contribution in [2.75, 3.05) is 32.8 Å². The number of esters is 1. The Kier molecular flexibility index (Phi) is 8.07. The van der Waals surface area contributed by atoms with Gasteiger partial charge in [0.1, 0.15) is 6.04 Å². The van der Waals surface area contributed by atoms with Gasteiger partial charge in [0.15, 0.2) is 0 Å². The monoisotopic (exact) mass is 270 g/mol. The first-order chi connectivity index (χ1) is 9.21. The number of nitrogens with one attached hydrogen (secondary N) is 1. The van der Waals surface area contributed by atoms with Crippen LogP contribution in [0.25, 0.3) is 0 Å². The summed E-state index contributed by atoms with van der Waals surface area (Å²) >= 11 is 0. The molecule has 0 saturated heterocycles. The third-order valence-electron chi connectivity index (χ3n) is 3.51. The lowest BCUT2D eigenvalue weighted by Crippen LogP contribution is -2.41. The number of carbonyl (C=O) groups is 1. The highest BCUT2D eigenvalue weighted by atomic mass is 16.5. The van der Waals surface area contributed by atoms with Gasteiger partial charge in [0, 0.05) is 13.1 Å². The molecule has 1 aliphatic rings. The van der Waals surface area contributed by atoms with Crippen LogP contribution in [0.3, 0.4) is 0 Å². The molecule has 1 fully saturated rings. The fourth-order valence-corrected chi connectivity index (χ4v) is 2.38. The van der Waals surface area contributed by atoms with Crippen LogP contribution in [0.2, 0.25) is 0 Å². The average molecular weight is 270 g/mol. The molecular weight excluding hydrogens is 240 g/mol. The Labute approximate surface area is 117 Å². The number of likely N-dealkylation sites (N-methyl/N-ethyl adjacent to an activating group) is 1. The summed E-state index contributed by atoms with van der Waals surface area (Å²) in [4.78, 5) is 14.3. The summed E-state index contributed by atoms with van der Waals surface area (Å²) in [5, 5.41) is 3.23. The second-order valence-electron chi connectivity index (χ2n) is 5.39. The first-order valence-corrected chi connectivity index (χ1v) is 7.83. The summed E-state index contributed by atoms with van der Waals surface area (Å²) in [6.07, 6.45) is 4.79. The van der Waals surface area contributed by atoms with E-state index in [4.69, 9.17) is 4.74 Å². The highest BCUT2D eigenvalue weighted by Crippen LogP contribution is 2.29.